The first-order chi connectivity index (χ1) is 13.1. The van der Waals surface area contributed by atoms with Gasteiger partial charge in [0.25, 0.3) is 5.91 Å². The van der Waals surface area contributed by atoms with Crippen molar-refractivity contribution in [3.8, 4) is 5.88 Å². The zero-order valence-corrected chi connectivity index (χ0v) is 15.3. The highest BCUT2D eigenvalue weighted by Gasteiger charge is 2.24. The lowest BCUT2D eigenvalue weighted by Crippen LogP contribution is -2.49. The van der Waals surface area contributed by atoms with Gasteiger partial charge in [-0.1, -0.05) is 0 Å². The number of piperazine rings is 1. The van der Waals surface area contributed by atoms with Crippen molar-refractivity contribution in [2.45, 2.75) is 20.0 Å². The van der Waals surface area contributed by atoms with Crippen LogP contribution in [0.1, 0.15) is 24.5 Å². The van der Waals surface area contributed by atoms with Gasteiger partial charge in [-0.05, 0) is 32.0 Å². The second-order valence-corrected chi connectivity index (χ2v) is 6.66. The quantitative estimate of drug-likeness (QED) is 0.746. The third kappa shape index (κ3) is 3.53. The van der Waals surface area contributed by atoms with Crippen LogP contribution in [-0.4, -0.2) is 68.2 Å². The highest BCUT2D eigenvalue weighted by Crippen LogP contribution is 2.28. The maximum absolute atomic E-state index is 12.4. The molecule has 27 heavy (non-hydrogen) atoms. The Morgan fingerprint density at radius 1 is 1.11 bits per heavy atom. The number of H-pyrrole nitrogens is 1. The number of hydrogen-bond acceptors (Lipinski definition) is 7. The van der Waals surface area contributed by atoms with Crippen LogP contribution in [0.4, 0.5) is 5.69 Å². The van der Waals surface area contributed by atoms with E-state index in [4.69, 9.17) is 4.74 Å². The number of aromatic amines is 1. The maximum atomic E-state index is 12.4. The molecule has 140 valence electrons. The number of fused-ring (bicyclic) bond motifs is 1. The lowest BCUT2D eigenvalue weighted by atomic mass is 10.2. The van der Waals surface area contributed by atoms with Crippen molar-refractivity contribution in [1.82, 2.24) is 30.0 Å². The SMILES string of the molecule is CC(C)Oc1ncnc2ccc(N3CCN(C(=O)c4ncn[nH]4)CC3)cc12. The number of carbonyl (C=O) groups is 1. The van der Waals surface area contributed by atoms with Gasteiger partial charge in [-0.15, -0.1) is 0 Å². The molecule has 1 fully saturated rings. The van der Waals surface area contributed by atoms with Crippen LogP contribution in [0.15, 0.2) is 30.9 Å². The van der Waals surface area contributed by atoms with E-state index in [1.165, 1.54) is 12.7 Å². The van der Waals surface area contributed by atoms with Crippen LogP contribution in [-0.2, 0) is 0 Å². The Morgan fingerprint density at radius 3 is 2.63 bits per heavy atom. The summed E-state index contributed by atoms with van der Waals surface area (Å²) in [5.74, 6) is 0.754. The fourth-order valence-electron chi connectivity index (χ4n) is 3.16. The van der Waals surface area contributed by atoms with Crippen LogP contribution >= 0.6 is 0 Å². The largest absolute Gasteiger partial charge is 0.474 e. The maximum Gasteiger partial charge on any atom is 0.291 e. The molecule has 1 N–H and O–H groups in total. The number of ether oxygens (including phenoxy) is 1. The van der Waals surface area contributed by atoms with Crippen LogP contribution in [0.2, 0.25) is 0 Å². The first-order valence-corrected chi connectivity index (χ1v) is 8.93. The third-order valence-corrected chi connectivity index (χ3v) is 4.48. The molecular weight excluding hydrogens is 346 g/mol. The summed E-state index contributed by atoms with van der Waals surface area (Å²) in [6.07, 6.45) is 2.91. The van der Waals surface area contributed by atoms with Crippen molar-refractivity contribution < 1.29 is 9.53 Å². The molecule has 1 amide bonds. The smallest absolute Gasteiger partial charge is 0.291 e. The molecule has 9 nitrogen and oxygen atoms in total. The van der Waals surface area contributed by atoms with Gasteiger partial charge in [-0.25, -0.2) is 15.0 Å². The van der Waals surface area contributed by atoms with Gasteiger partial charge in [-0.3, -0.25) is 9.89 Å². The van der Waals surface area contributed by atoms with E-state index in [-0.39, 0.29) is 17.8 Å². The molecule has 1 aromatic carbocycles. The molecule has 1 saturated heterocycles. The van der Waals surface area contributed by atoms with Crippen LogP contribution in [0.5, 0.6) is 5.88 Å². The predicted molar refractivity (Wildman–Crippen MR) is 99.8 cm³/mol. The number of anilines is 1. The molecule has 1 aliphatic heterocycles. The summed E-state index contributed by atoms with van der Waals surface area (Å²) >= 11 is 0. The van der Waals surface area contributed by atoms with E-state index >= 15 is 0 Å². The van der Waals surface area contributed by atoms with Crippen LogP contribution < -0.4 is 9.64 Å². The summed E-state index contributed by atoms with van der Waals surface area (Å²) in [6, 6.07) is 6.08. The van der Waals surface area contributed by atoms with Gasteiger partial charge in [0.05, 0.1) is 17.0 Å². The lowest BCUT2D eigenvalue weighted by Gasteiger charge is -2.35. The number of amides is 1. The van der Waals surface area contributed by atoms with Crippen LogP contribution in [0.25, 0.3) is 10.9 Å². The Hall–Kier alpha value is -3.23. The lowest BCUT2D eigenvalue weighted by molar-refractivity contribution is 0.0735. The minimum atomic E-state index is -0.119. The number of nitrogens with zero attached hydrogens (tertiary/aromatic N) is 6. The molecule has 0 atom stereocenters. The summed E-state index contributed by atoms with van der Waals surface area (Å²) in [5.41, 5.74) is 1.92. The minimum absolute atomic E-state index is 0.0393. The number of aromatic nitrogens is 5. The van der Waals surface area contributed by atoms with Gasteiger partial charge in [-0.2, -0.15) is 5.10 Å². The Balaban J connectivity index is 1.51. The molecule has 0 radical (unpaired) electrons. The van der Waals surface area contributed by atoms with E-state index in [0.29, 0.717) is 19.0 Å². The number of hydrogen-bond donors (Lipinski definition) is 1. The molecule has 0 unspecified atom stereocenters. The standard InChI is InChI=1S/C18H21N7O2/c1-12(2)27-17-14-9-13(3-4-15(14)19-10-21-17)24-5-7-25(8-6-24)18(26)16-20-11-22-23-16/h3-4,9-12H,5-8H2,1-2H3,(H,20,22,23). The molecule has 0 spiro atoms. The second-order valence-electron chi connectivity index (χ2n) is 6.66. The minimum Gasteiger partial charge on any atom is -0.474 e. The molecule has 3 aromatic rings. The van der Waals surface area contributed by atoms with Crippen molar-refractivity contribution in [2.75, 3.05) is 31.1 Å². The summed E-state index contributed by atoms with van der Waals surface area (Å²) < 4.78 is 5.82. The predicted octanol–water partition coefficient (Wildman–Crippen LogP) is 1.50. The van der Waals surface area contributed by atoms with Crippen LogP contribution in [0.3, 0.4) is 0 Å². The van der Waals surface area contributed by atoms with Gasteiger partial charge < -0.3 is 14.5 Å². The van der Waals surface area contributed by atoms with E-state index in [9.17, 15) is 4.79 Å². The highest BCUT2D eigenvalue weighted by atomic mass is 16.5. The monoisotopic (exact) mass is 367 g/mol. The zero-order valence-electron chi connectivity index (χ0n) is 15.3. The molecule has 0 saturated carbocycles. The van der Waals surface area contributed by atoms with E-state index < -0.39 is 0 Å². The summed E-state index contributed by atoms with van der Waals surface area (Å²) in [7, 11) is 0. The first-order valence-electron chi connectivity index (χ1n) is 8.93. The number of carbonyl (C=O) groups excluding carboxylic acids is 1. The first kappa shape index (κ1) is 17.2. The van der Waals surface area contributed by atoms with E-state index in [1.54, 1.807) is 4.90 Å². The third-order valence-electron chi connectivity index (χ3n) is 4.48. The average molecular weight is 367 g/mol. The van der Waals surface area contributed by atoms with Gasteiger partial charge >= 0.3 is 0 Å². The normalized spacial score (nSPS) is 14.8. The molecule has 1 aliphatic rings. The van der Waals surface area contributed by atoms with Crippen molar-refractivity contribution in [3.05, 3.63) is 36.7 Å². The van der Waals surface area contributed by atoms with Gasteiger partial charge in [0.1, 0.15) is 12.7 Å². The highest BCUT2D eigenvalue weighted by molar-refractivity contribution is 5.90. The Morgan fingerprint density at radius 2 is 1.93 bits per heavy atom. The number of nitrogens with one attached hydrogen (secondary N) is 1. The molecular formula is C18H21N7O2. The Bertz CT molecular complexity index is 934. The zero-order chi connectivity index (χ0) is 18.8. The molecule has 0 aliphatic carbocycles. The van der Waals surface area contributed by atoms with Crippen molar-refractivity contribution in [3.63, 3.8) is 0 Å². The van der Waals surface area contributed by atoms with Gasteiger partial charge in [0, 0.05) is 31.9 Å². The van der Waals surface area contributed by atoms with E-state index in [2.05, 4.69) is 36.1 Å². The van der Waals surface area contributed by atoms with Gasteiger partial charge in [0.2, 0.25) is 11.7 Å². The van der Waals surface area contributed by atoms with E-state index in [0.717, 1.165) is 29.7 Å². The summed E-state index contributed by atoms with van der Waals surface area (Å²) in [4.78, 5) is 28.9. The summed E-state index contributed by atoms with van der Waals surface area (Å²) in [6.45, 7) is 6.67. The fraction of sp³-hybridized carbons (Fsp3) is 0.389. The Labute approximate surface area is 156 Å². The molecule has 0 bridgehead atoms. The van der Waals surface area contributed by atoms with Crippen molar-refractivity contribution in [1.29, 1.82) is 0 Å². The topological polar surface area (TPSA) is 100 Å². The average Bonchev–Trinajstić information content (AvgIpc) is 3.22. The molecule has 9 heteroatoms. The molecule has 3 heterocycles. The second kappa shape index (κ2) is 7.18. The van der Waals surface area contributed by atoms with Crippen LogP contribution in [0, 0.1) is 0 Å². The van der Waals surface area contributed by atoms with E-state index in [1.807, 2.05) is 26.0 Å². The van der Waals surface area contributed by atoms with Gasteiger partial charge in [0.15, 0.2) is 0 Å². The Kier molecular flexibility index (Phi) is 4.57. The number of rotatable bonds is 4. The number of benzene rings is 1. The van der Waals surface area contributed by atoms with Crippen molar-refractivity contribution in [2.24, 2.45) is 0 Å². The molecule has 2 aromatic heterocycles. The van der Waals surface area contributed by atoms with Crippen molar-refractivity contribution >= 4 is 22.5 Å². The molecule has 4 rings (SSSR count). The summed E-state index contributed by atoms with van der Waals surface area (Å²) in [5, 5.41) is 7.26. The fourth-order valence-corrected chi connectivity index (χ4v) is 3.16.